The standard InChI is InChI=1S/C26H29NO3/c1-3-27(21-14-16-22(29-2)17-15-21)24-18-23(19-10-6-4-7-11-19)25(30-26(24)28)20-12-8-5-9-13-20/h4,6-7,10-11,14-18,20H,3,5,8-9,12-13H2,1-2H3. The fourth-order valence-corrected chi connectivity index (χ4v) is 4.43. The summed E-state index contributed by atoms with van der Waals surface area (Å²) in [5.74, 6) is 1.95. The lowest BCUT2D eigenvalue weighted by molar-refractivity contribution is 0.357. The Bertz CT molecular complexity index is 1020. The summed E-state index contributed by atoms with van der Waals surface area (Å²) in [6, 6.07) is 20.1. The van der Waals surface area contributed by atoms with E-state index >= 15 is 0 Å². The maximum Gasteiger partial charge on any atom is 0.360 e. The monoisotopic (exact) mass is 403 g/mol. The fraction of sp³-hybridized carbons (Fsp3) is 0.346. The van der Waals surface area contributed by atoms with E-state index in [-0.39, 0.29) is 5.63 Å². The van der Waals surface area contributed by atoms with Crippen LogP contribution >= 0.6 is 0 Å². The van der Waals surface area contributed by atoms with Crippen LogP contribution in [0.25, 0.3) is 11.1 Å². The van der Waals surface area contributed by atoms with Crippen LogP contribution in [0.2, 0.25) is 0 Å². The number of methoxy groups -OCH3 is 1. The number of hydrogen-bond acceptors (Lipinski definition) is 4. The molecule has 1 aliphatic rings. The first-order valence-corrected chi connectivity index (χ1v) is 10.9. The van der Waals surface area contributed by atoms with Crippen LogP contribution in [0.15, 0.2) is 69.9 Å². The highest BCUT2D eigenvalue weighted by atomic mass is 16.5. The van der Waals surface area contributed by atoms with Gasteiger partial charge in [-0.2, -0.15) is 0 Å². The van der Waals surface area contributed by atoms with E-state index in [1.165, 1.54) is 19.3 Å². The van der Waals surface area contributed by atoms with Crippen LogP contribution in [-0.4, -0.2) is 13.7 Å². The SMILES string of the molecule is CCN(c1ccc(OC)cc1)c1cc(-c2ccccc2)c(C2CCCCC2)oc1=O. The second kappa shape index (κ2) is 9.21. The molecular formula is C26H29NO3. The van der Waals surface area contributed by atoms with Crippen LogP contribution in [0.3, 0.4) is 0 Å². The largest absolute Gasteiger partial charge is 0.497 e. The summed E-state index contributed by atoms with van der Waals surface area (Å²) < 4.78 is 11.3. The summed E-state index contributed by atoms with van der Waals surface area (Å²) in [7, 11) is 1.65. The van der Waals surface area contributed by atoms with Crippen LogP contribution in [0.5, 0.6) is 5.75 Å². The molecule has 0 unspecified atom stereocenters. The molecule has 4 heteroatoms. The fourth-order valence-electron chi connectivity index (χ4n) is 4.43. The predicted molar refractivity (Wildman–Crippen MR) is 122 cm³/mol. The van der Waals surface area contributed by atoms with E-state index in [2.05, 4.69) is 12.1 Å². The molecular weight excluding hydrogens is 374 g/mol. The van der Waals surface area contributed by atoms with Crippen LogP contribution in [0, 0.1) is 0 Å². The van der Waals surface area contributed by atoms with Gasteiger partial charge in [-0.05, 0) is 55.7 Å². The molecule has 0 atom stereocenters. The minimum Gasteiger partial charge on any atom is -0.497 e. The Balaban J connectivity index is 1.82. The van der Waals surface area contributed by atoms with E-state index in [1.54, 1.807) is 7.11 Å². The van der Waals surface area contributed by atoms with E-state index in [0.717, 1.165) is 41.2 Å². The van der Waals surface area contributed by atoms with Gasteiger partial charge in [0.25, 0.3) is 0 Å². The van der Waals surface area contributed by atoms with E-state index in [9.17, 15) is 4.79 Å². The molecule has 0 amide bonds. The Morgan fingerprint density at radius 3 is 2.33 bits per heavy atom. The van der Waals surface area contributed by atoms with Crippen LogP contribution < -0.4 is 15.3 Å². The normalized spacial score (nSPS) is 14.5. The zero-order valence-electron chi connectivity index (χ0n) is 17.8. The van der Waals surface area contributed by atoms with Crippen LogP contribution in [0.1, 0.15) is 50.7 Å². The highest BCUT2D eigenvalue weighted by Gasteiger charge is 2.25. The smallest absolute Gasteiger partial charge is 0.360 e. The Hall–Kier alpha value is -3.01. The van der Waals surface area contributed by atoms with E-state index in [1.807, 2.05) is 60.4 Å². The van der Waals surface area contributed by atoms with Crippen molar-refractivity contribution >= 4 is 11.4 Å². The van der Waals surface area contributed by atoms with Crippen molar-refractivity contribution in [1.29, 1.82) is 0 Å². The van der Waals surface area contributed by atoms with Gasteiger partial charge in [-0.3, -0.25) is 0 Å². The molecule has 0 N–H and O–H groups in total. The number of anilines is 2. The van der Waals surface area contributed by atoms with Crippen molar-refractivity contribution in [2.75, 3.05) is 18.6 Å². The summed E-state index contributed by atoms with van der Waals surface area (Å²) in [6.07, 6.45) is 5.81. The first-order chi connectivity index (χ1) is 14.7. The van der Waals surface area contributed by atoms with Crippen molar-refractivity contribution in [3.8, 4) is 16.9 Å². The molecule has 1 aromatic heterocycles. The van der Waals surface area contributed by atoms with Gasteiger partial charge in [0.1, 0.15) is 17.2 Å². The first-order valence-electron chi connectivity index (χ1n) is 10.9. The van der Waals surface area contributed by atoms with E-state index < -0.39 is 0 Å². The molecule has 0 saturated heterocycles. The van der Waals surface area contributed by atoms with Gasteiger partial charge >= 0.3 is 5.63 Å². The third-order valence-electron chi connectivity index (χ3n) is 6.01. The number of hydrogen-bond donors (Lipinski definition) is 0. The highest BCUT2D eigenvalue weighted by Crippen LogP contribution is 2.39. The Morgan fingerprint density at radius 2 is 1.70 bits per heavy atom. The predicted octanol–water partition coefficient (Wildman–Crippen LogP) is 6.52. The molecule has 1 aliphatic carbocycles. The summed E-state index contributed by atoms with van der Waals surface area (Å²) in [4.78, 5) is 15.1. The quantitative estimate of drug-likeness (QED) is 0.470. The molecule has 4 nitrogen and oxygen atoms in total. The number of ether oxygens (including phenoxy) is 1. The Labute approximate surface area is 178 Å². The summed E-state index contributed by atoms with van der Waals surface area (Å²) in [5, 5.41) is 0. The third-order valence-corrected chi connectivity index (χ3v) is 6.01. The second-order valence-electron chi connectivity index (χ2n) is 7.84. The Morgan fingerprint density at radius 1 is 1.00 bits per heavy atom. The summed E-state index contributed by atoms with van der Waals surface area (Å²) >= 11 is 0. The van der Waals surface area contributed by atoms with Crippen molar-refractivity contribution < 1.29 is 9.15 Å². The van der Waals surface area contributed by atoms with Crippen molar-refractivity contribution in [3.63, 3.8) is 0 Å². The maximum absolute atomic E-state index is 13.1. The van der Waals surface area contributed by atoms with Gasteiger partial charge in [0.2, 0.25) is 0 Å². The highest BCUT2D eigenvalue weighted by molar-refractivity contribution is 5.73. The molecule has 1 heterocycles. The van der Waals surface area contributed by atoms with Crippen molar-refractivity contribution in [1.82, 2.24) is 0 Å². The molecule has 0 spiro atoms. The van der Waals surface area contributed by atoms with Gasteiger partial charge in [0.05, 0.1) is 7.11 Å². The van der Waals surface area contributed by atoms with Gasteiger partial charge in [-0.15, -0.1) is 0 Å². The number of benzene rings is 2. The van der Waals surface area contributed by atoms with Gasteiger partial charge in [-0.25, -0.2) is 4.79 Å². The minimum atomic E-state index is -0.270. The second-order valence-corrected chi connectivity index (χ2v) is 7.84. The lowest BCUT2D eigenvalue weighted by Crippen LogP contribution is -2.23. The third kappa shape index (κ3) is 4.13. The molecule has 0 radical (unpaired) electrons. The van der Waals surface area contributed by atoms with Crippen LogP contribution in [-0.2, 0) is 0 Å². The zero-order valence-corrected chi connectivity index (χ0v) is 17.8. The average molecular weight is 404 g/mol. The molecule has 0 aliphatic heterocycles. The Kier molecular flexibility index (Phi) is 6.22. The molecule has 1 fully saturated rings. The van der Waals surface area contributed by atoms with Gasteiger partial charge in [-0.1, -0.05) is 49.6 Å². The lowest BCUT2D eigenvalue weighted by atomic mass is 9.84. The minimum absolute atomic E-state index is 0.270. The molecule has 2 aromatic carbocycles. The van der Waals surface area contributed by atoms with E-state index in [0.29, 0.717) is 18.2 Å². The molecule has 1 saturated carbocycles. The van der Waals surface area contributed by atoms with E-state index in [4.69, 9.17) is 9.15 Å². The van der Waals surface area contributed by atoms with Crippen molar-refractivity contribution in [2.45, 2.75) is 44.9 Å². The van der Waals surface area contributed by atoms with Gasteiger partial charge in [0.15, 0.2) is 0 Å². The lowest BCUT2D eigenvalue weighted by Gasteiger charge is -2.26. The van der Waals surface area contributed by atoms with Crippen molar-refractivity contribution in [2.24, 2.45) is 0 Å². The average Bonchev–Trinajstić information content (AvgIpc) is 2.82. The number of rotatable bonds is 6. The molecule has 0 bridgehead atoms. The molecule has 156 valence electrons. The van der Waals surface area contributed by atoms with Gasteiger partial charge in [0, 0.05) is 23.7 Å². The van der Waals surface area contributed by atoms with Crippen molar-refractivity contribution in [3.05, 3.63) is 76.8 Å². The van der Waals surface area contributed by atoms with Gasteiger partial charge < -0.3 is 14.1 Å². The zero-order chi connectivity index (χ0) is 20.9. The number of nitrogens with zero attached hydrogens (tertiary/aromatic N) is 1. The summed E-state index contributed by atoms with van der Waals surface area (Å²) in [5.41, 5.74) is 3.36. The molecule has 30 heavy (non-hydrogen) atoms. The maximum atomic E-state index is 13.1. The molecule has 4 rings (SSSR count). The first kappa shape index (κ1) is 20.3. The van der Waals surface area contributed by atoms with Crippen LogP contribution in [0.4, 0.5) is 11.4 Å². The summed E-state index contributed by atoms with van der Waals surface area (Å²) in [6.45, 7) is 2.70. The topological polar surface area (TPSA) is 42.7 Å². The molecule has 3 aromatic rings.